The van der Waals surface area contributed by atoms with E-state index in [-0.39, 0.29) is 10.6 Å². The molecule has 0 unspecified atom stereocenters. The summed E-state index contributed by atoms with van der Waals surface area (Å²) in [5.74, 6) is 0. The lowest BCUT2D eigenvalue weighted by molar-refractivity contribution is 0.112. The van der Waals surface area contributed by atoms with Crippen molar-refractivity contribution in [2.75, 3.05) is 6.61 Å². The maximum atomic E-state index is 7.13. The summed E-state index contributed by atoms with van der Waals surface area (Å²) in [6.07, 6.45) is 5.58. The Labute approximate surface area is 172 Å². The van der Waals surface area contributed by atoms with E-state index in [9.17, 15) is 0 Å². The maximum absolute atomic E-state index is 7.13. The van der Waals surface area contributed by atoms with Crippen molar-refractivity contribution in [3.63, 3.8) is 0 Å². The molecule has 1 aliphatic rings. The van der Waals surface area contributed by atoms with Gasteiger partial charge >= 0.3 is 0 Å². The highest BCUT2D eigenvalue weighted by Gasteiger charge is 2.50. The van der Waals surface area contributed by atoms with E-state index in [1.807, 2.05) is 0 Å². The van der Waals surface area contributed by atoms with Crippen LogP contribution >= 0.6 is 0 Å². The van der Waals surface area contributed by atoms with Gasteiger partial charge in [0.05, 0.1) is 12.6 Å². The van der Waals surface area contributed by atoms with Crippen molar-refractivity contribution in [1.29, 1.82) is 0 Å². The van der Waals surface area contributed by atoms with Crippen LogP contribution in [-0.2, 0) is 4.43 Å². The van der Waals surface area contributed by atoms with Gasteiger partial charge in [-0.05, 0) is 48.8 Å². The Morgan fingerprint density at radius 3 is 1.79 bits per heavy atom. The zero-order valence-electron chi connectivity index (χ0n) is 18.3. The highest BCUT2D eigenvalue weighted by atomic mass is 28.4. The Bertz CT molecular complexity index is 747. The van der Waals surface area contributed by atoms with Crippen LogP contribution in [0.5, 0.6) is 0 Å². The van der Waals surface area contributed by atoms with Crippen LogP contribution < -0.4 is 10.4 Å². The Kier molecular flexibility index (Phi) is 5.88. The zero-order chi connectivity index (χ0) is 20.4. The number of nitrogens with zero attached hydrogens (tertiary/aromatic N) is 1. The van der Waals surface area contributed by atoms with Gasteiger partial charge in [0.25, 0.3) is 8.32 Å². The highest BCUT2D eigenvalue weighted by molar-refractivity contribution is 6.99. The fourth-order valence-electron chi connectivity index (χ4n) is 4.47. The smallest absolute Gasteiger partial charge is 0.261 e. The predicted molar refractivity (Wildman–Crippen MR) is 123 cm³/mol. The lowest BCUT2D eigenvalue weighted by Crippen LogP contribution is -2.67. The topological polar surface area (TPSA) is 12.5 Å². The van der Waals surface area contributed by atoms with Crippen molar-refractivity contribution >= 4 is 18.7 Å². The molecule has 1 heterocycles. The summed E-state index contributed by atoms with van der Waals surface area (Å²) in [4.78, 5) is 2.46. The minimum atomic E-state index is -2.46. The van der Waals surface area contributed by atoms with Crippen LogP contribution in [0.3, 0.4) is 0 Å². The van der Waals surface area contributed by atoms with Crippen molar-refractivity contribution in [3.8, 4) is 0 Å². The average Bonchev–Trinajstić information content (AvgIpc) is 3.12. The molecule has 3 rings (SSSR count). The van der Waals surface area contributed by atoms with Crippen LogP contribution in [0, 0.1) is 0 Å². The lowest BCUT2D eigenvalue weighted by Gasteiger charge is -2.45. The van der Waals surface area contributed by atoms with Gasteiger partial charge in [-0.3, -0.25) is 0 Å². The summed E-state index contributed by atoms with van der Waals surface area (Å²) >= 11 is 0. The van der Waals surface area contributed by atoms with Crippen molar-refractivity contribution < 1.29 is 4.43 Å². The van der Waals surface area contributed by atoms with Crippen LogP contribution in [0.25, 0.3) is 0 Å². The van der Waals surface area contributed by atoms with Gasteiger partial charge < -0.3 is 9.33 Å². The molecule has 28 heavy (non-hydrogen) atoms. The molecule has 0 saturated heterocycles. The monoisotopic (exact) mass is 393 g/mol. The maximum Gasteiger partial charge on any atom is 0.261 e. The molecule has 2 aromatic carbocycles. The molecule has 0 saturated carbocycles. The van der Waals surface area contributed by atoms with Crippen LogP contribution in [0.1, 0.15) is 48.0 Å². The summed E-state index contributed by atoms with van der Waals surface area (Å²) in [6, 6.07) is 22.2. The van der Waals surface area contributed by atoms with Gasteiger partial charge in [-0.15, -0.1) is 0 Å². The van der Waals surface area contributed by atoms with Gasteiger partial charge in [0.15, 0.2) is 0 Å². The molecule has 1 aliphatic heterocycles. The summed E-state index contributed by atoms with van der Waals surface area (Å²) < 4.78 is 7.13. The molecule has 2 aromatic rings. The summed E-state index contributed by atoms with van der Waals surface area (Å²) in [7, 11) is -2.46. The molecule has 0 radical (unpaired) electrons. The number of hydrogen-bond donors (Lipinski definition) is 0. The molecule has 0 spiro atoms. The fourth-order valence-corrected chi connectivity index (χ4v) is 9.07. The molecule has 3 heteroatoms. The van der Waals surface area contributed by atoms with Crippen molar-refractivity contribution in [2.24, 2.45) is 0 Å². The fraction of sp³-hybridized carbons (Fsp3) is 0.440. The van der Waals surface area contributed by atoms with Crippen LogP contribution in [0.4, 0.5) is 0 Å². The van der Waals surface area contributed by atoms with E-state index in [0.717, 1.165) is 13.0 Å². The number of hydrogen-bond acceptors (Lipinski definition) is 2. The molecule has 1 atom stereocenters. The molecular formula is C25H35NOSi. The van der Waals surface area contributed by atoms with E-state index in [1.165, 1.54) is 10.4 Å². The minimum Gasteiger partial charge on any atom is -0.405 e. The quantitative estimate of drug-likeness (QED) is 0.667. The van der Waals surface area contributed by atoms with Crippen molar-refractivity contribution in [3.05, 3.63) is 72.9 Å². The third-order valence-electron chi connectivity index (χ3n) is 5.75. The van der Waals surface area contributed by atoms with E-state index < -0.39 is 8.32 Å². The highest BCUT2D eigenvalue weighted by Crippen LogP contribution is 2.37. The van der Waals surface area contributed by atoms with Crippen LogP contribution in [0.2, 0.25) is 5.04 Å². The second kappa shape index (κ2) is 7.88. The summed E-state index contributed by atoms with van der Waals surface area (Å²) in [6.45, 7) is 14.6. The third kappa shape index (κ3) is 3.97. The second-order valence-corrected chi connectivity index (χ2v) is 14.1. The summed E-state index contributed by atoms with van der Waals surface area (Å²) in [5, 5.41) is 2.72. The van der Waals surface area contributed by atoms with E-state index >= 15 is 0 Å². The van der Waals surface area contributed by atoms with Gasteiger partial charge in [-0.2, -0.15) is 0 Å². The SMILES string of the molecule is CC(C)(C)N1C=CC[C@H]1CO[Si](c1ccccc1)(c1ccccc1)C(C)(C)C. The molecule has 0 amide bonds. The molecule has 0 fully saturated rings. The van der Waals surface area contributed by atoms with Gasteiger partial charge in [0, 0.05) is 5.54 Å². The summed E-state index contributed by atoms with van der Waals surface area (Å²) in [5.41, 5.74) is 0.104. The molecule has 0 aromatic heterocycles. The lowest BCUT2D eigenvalue weighted by atomic mass is 10.0. The largest absolute Gasteiger partial charge is 0.405 e. The first-order chi connectivity index (χ1) is 13.2. The number of benzene rings is 2. The molecule has 150 valence electrons. The third-order valence-corrected chi connectivity index (χ3v) is 10.8. The molecule has 0 N–H and O–H groups in total. The average molecular weight is 394 g/mol. The molecule has 0 aliphatic carbocycles. The Morgan fingerprint density at radius 2 is 1.36 bits per heavy atom. The second-order valence-electron chi connectivity index (χ2n) is 9.83. The Hall–Kier alpha value is -1.84. The Balaban J connectivity index is 2.02. The van der Waals surface area contributed by atoms with Gasteiger partial charge in [0.1, 0.15) is 0 Å². The van der Waals surface area contributed by atoms with E-state index in [4.69, 9.17) is 4.43 Å². The first kappa shape index (κ1) is 20.9. The normalized spacial score (nSPS) is 17.9. The van der Waals surface area contributed by atoms with Gasteiger partial charge in [0.2, 0.25) is 0 Å². The minimum absolute atomic E-state index is 0.0221. The first-order valence-electron chi connectivity index (χ1n) is 10.4. The van der Waals surface area contributed by atoms with Crippen molar-refractivity contribution in [2.45, 2.75) is 64.6 Å². The predicted octanol–water partition coefficient (Wildman–Crippen LogP) is 4.95. The van der Waals surface area contributed by atoms with Gasteiger partial charge in [-0.1, -0.05) is 87.5 Å². The molecule has 0 bridgehead atoms. The zero-order valence-corrected chi connectivity index (χ0v) is 19.3. The molecular weight excluding hydrogens is 358 g/mol. The number of rotatable bonds is 5. The van der Waals surface area contributed by atoms with Crippen LogP contribution in [0.15, 0.2) is 72.9 Å². The van der Waals surface area contributed by atoms with E-state index in [2.05, 4.69) is 119 Å². The van der Waals surface area contributed by atoms with Gasteiger partial charge in [-0.25, -0.2) is 0 Å². The first-order valence-corrected chi connectivity index (χ1v) is 12.3. The standard InChI is InChI=1S/C25H35NOSi/c1-24(2,3)26-19-13-14-21(26)20-27-28(25(4,5)6,22-15-9-7-10-16-22)23-17-11-8-12-18-23/h7-13,15-19,21H,14,20H2,1-6H3/t21-/m0/s1. The van der Waals surface area contributed by atoms with Crippen LogP contribution in [-0.4, -0.2) is 31.4 Å². The van der Waals surface area contributed by atoms with Crippen molar-refractivity contribution in [1.82, 2.24) is 4.90 Å². The van der Waals surface area contributed by atoms with E-state index in [1.54, 1.807) is 0 Å². The Morgan fingerprint density at radius 1 is 0.857 bits per heavy atom. The molecule has 2 nitrogen and oxygen atoms in total. The van der Waals surface area contributed by atoms with E-state index in [0.29, 0.717) is 6.04 Å².